The molecule has 0 aromatic heterocycles. The molecule has 0 aliphatic rings. The number of benzene rings is 1. The van der Waals surface area contributed by atoms with Gasteiger partial charge in [0.05, 0.1) is 12.3 Å². The van der Waals surface area contributed by atoms with Crippen molar-refractivity contribution in [2.75, 3.05) is 18.9 Å². The molecule has 0 aliphatic carbocycles. The Bertz CT molecular complexity index is 561. The van der Waals surface area contributed by atoms with Crippen molar-refractivity contribution >= 4 is 26.0 Å². The van der Waals surface area contributed by atoms with E-state index in [1.807, 2.05) is 31.2 Å². The molecule has 1 N–H and O–H groups in total. The highest BCUT2D eigenvalue weighted by Gasteiger charge is 2.05. The Hall–Kier alpha value is -1.03. The maximum atomic E-state index is 11.3. The third-order valence-electron chi connectivity index (χ3n) is 2.09. The standard InChI is InChI=1S/C13H16BrNO3S/c1-2-10-19(16,17)15-8-3-4-9-18-13-7-5-6-12(14)11-13/h5-7,11,15H,2,8-10H2,1H3. The van der Waals surface area contributed by atoms with Gasteiger partial charge in [-0.15, -0.1) is 0 Å². The zero-order valence-corrected chi connectivity index (χ0v) is 13.1. The number of ether oxygens (including phenoxy) is 1. The summed E-state index contributed by atoms with van der Waals surface area (Å²) in [5, 5.41) is 0. The van der Waals surface area contributed by atoms with Gasteiger partial charge >= 0.3 is 0 Å². The normalized spacial score (nSPS) is 10.6. The fourth-order valence-corrected chi connectivity index (χ4v) is 2.63. The molecular weight excluding hydrogens is 330 g/mol. The van der Waals surface area contributed by atoms with Crippen molar-refractivity contribution in [3.8, 4) is 17.6 Å². The molecule has 0 unspecified atom stereocenters. The van der Waals surface area contributed by atoms with Crippen LogP contribution >= 0.6 is 15.9 Å². The van der Waals surface area contributed by atoms with Crippen LogP contribution in [0.4, 0.5) is 0 Å². The van der Waals surface area contributed by atoms with Crippen LogP contribution in [-0.4, -0.2) is 27.3 Å². The van der Waals surface area contributed by atoms with Gasteiger partial charge < -0.3 is 4.74 Å². The lowest BCUT2D eigenvalue weighted by Gasteiger charge is -2.02. The zero-order chi connectivity index (χ0) is 14.1. The van der Waals surface area contributed by atoms with E-state index >= 15 is 0 Å². The van der Waals surface area contributed by atoms with E-state index < -0.39 is 10.0 Å². The first-order valence-corrected chi connectivity index (χ1v) is 8.29. The number of hydrogen-bond donors (Lipinski definition) is 1. The third kappa shape index (κ3) is 7.21. The van der Waals surface area contributed by atoms with E-state index in [0.29, 0.717) is 6.42 Å². The maximum absolute atomic E-state index is 11.3. The van der Waals surface area contributed by atoms with Crippen molar-refractivity contribution in [2.24, 2.45) is 0 Å². The van der Waals surface area contributed by atoms with Crippen molar-refractivity contribution in [3.63, 3.8) is 0 Å². The molecule has 19 heavy (non-hydrogen) atoms. The number of rotatable bonds is 6. The van der Waals surface area contributed by atoms with Gasteiger partial charge in [0.15, 0.2) is 0 Å². The molecule has 4 nitrogen and oxygen atoms in total. The van der Waals surface area contributed by atoms with Gasteiger partial charge in [-0.05, 0) is 24.6 Å². The molecule has 6 heteroatoms. The number of hydrogen-bond acceptors (Lipinski definition) is 3. The summed E-state index contributed by atoms with van der Waals surface area (Å²) in [5.41, 5.74) is 0. The molecule has 0 saturated carbocycles. The number of nitrogens with one attached hydrogen (secondary N) is 1. The van der Waals surface area contributed by atoms with Gasteiger partial charge in [0.25, 0.3) is 0 Å². The van der Waals surface area contributed by atoms with Crippen molar-refractivity contribution in [2.45, 2.75) is 13.3 Å². The molecule has 0 heterocycles. The van der Waals surface area contributed by atoms with Gasteiger partial charge in [-0.3, -0.25) is 0 Å². The molecule has 1 aromatic rings. The SMILES string of the molecule is CCCS(=O)(=O)NCC#CCOc1cccc(Br)c1. The van der Waals surface area contributed by atoms with Gasteiger partial charge in [-0.2, -0.15) is 0 Å². The fourth-order valence-electron chi connectivity index (χ4n) is 1.28. The molecule has 1 aromatic carbocycles. The monoisotopic (exact) mass is 345 g/mol. The predicted octanol–water partition coefficient (Wildman–Crippen LogP) is 2.16. The minimum Gasteiger partial charge on any atom is -0.481 e. The van der Waals surface area contributed by atoms with Crippen LogP contribution in [0, 0.1) is 11.8 Å². The lowest BCUT2D eigenvalue weighted by molar-refractivity contribution is 0.370. The summed E-state index contributed by atoms with van der Waals surface area (Å²) in [4.78, 5) is 0. The molecule has 0 atom stereocenters. The van der Waals surface area contributed by atoms with E-state index in [1.165, 1.54) is 0 Å². The molecule has 0 radical (unpaired) electrons. The molecule has 0 saturated heterocycles. The van der Waals surface area contributed by atoms with Crippen LogP contribution in [0.1, 0.15) is 13.3 Å². The summed E-state index contributed by atoms with van der Waals surface area (Å²) in [7, 11) is -3.18. The van der Waals surface area contributed by atoms with E-state index in [9.17, 15) is 8.42 Å². The third-order valence-corrected chi connectivity index (χ3v) is 4.11. The highest BCUT2D eigenvalue weighted by Crippen LogP contribution is 2.17. The predicted molar refractivity (Wildman–Crippen MR) is 79.5 cm³/mol. The van der Waals surface area contributed by atoms with Crippen LogP contribution in [0.2, 0.25) is 0 Å². The molecule has 0 fully saturated rings. The summed E-state index contributed by atoms with van der Waals surface area (Å²) < 4.78 is 31.3. The van der Waals surface area contributed by atoms with E-state index in [2.05, 4.69) is 32.5 Å². The molecular formula is C13H16BrNO3S. The Kier molecular flexibility index (Phi) is 6.92. The molecule has 104 valence electrons. The molecule has 0 amide bonds. The first kappa shape index (κ1) is 16.0. The average Bonchev–Trinajstić information content (AvgIpc) is 2.33. The second-order valence-electron chi connectivity index (χ2n) is 3.74. The Morgan fingerprint density at radius 3 is 2.84 bits per heavy atom. The Morgan fingerprint density at radius 1 is 1.37 bits per heavy atom. The Labute approximate surface area is 122 Å². The second kappa shape index (κ2) is 8.20. The lowest BCUT2D eigenvalue weighted by Crippen LogP contribution is -2.26. The maximum Gasteiger partial charge on any atom is 0.212 e. The minimum atomic E-state index is -3.18. The number of sulfonamides is 1. The Balaban J connectivity index is 2.29. The van der Waals surface area contributed by atoms with Crippen LogP contribution in [0.3, 0.4) is 0 Å². The second-order valence-corrected chi connectivity index (χ2v) is 6.58. The van der Waals surface area contributed by atoms with E-state index in [-0.39, 0.29) is 18.9 Å². The van der Waals surface area contributed by atoms with Crippen LogP contribution in [-0.2, 0) is 10.0 Å². The molecule has 0 aliphatic heterocycles. The summed E-state index contributed by atoms with van der Waals surface area (Å²) in [6.45, 7) is 2.16. The van der Waals surface area contributed by atoms with E-state index in [4.69, 9.17) is 4.74 Å². The zero-order valence-electron chi connectivity index (χ0n) is 10.6. The van der Waals surface area contributed by atoms with Gasteiger partial charge in [-0.25, -0.2) is 13.1 Å². The topological polar surface area (TPSA) is 55.4 Å². The smallest absolute Gasteiger partial charge is 0.212 e. The summed E-state index contributed by atoms with van der Waals surface area (Å²) in [6, 6.07) is 7.44. The van der Waals surface area contributed by atoms with Gasteiger partial charge in [0.2, 0.25) is 10.0 Å². The van der Waals surface area contributed by atoms with Gasteiger partial charge in [-0.1, -0.05) is 40.8 Å². The van der Waals surface area contributed by atoms with Crippen molar-refractivity contribution < 1.29 is 13.2 Å². The average molecular weight is 346 g/mol. The van der Waals surface area contributed by atoms with Crippen molar-refractivity contribution in [1.82, 2.24) is 4.72 Å². The molecule has 0 spiro atoms. The van der Waals surface area contributed by atoms with Gasteiger partial charge in [0.1, 0.15) is 12.4 Å². The van der Waals surface area contributed by atoms with Crippen molar-refractivity contribution in [1.29, 1.82) is 0 Å². The first-order valence-electron chi connectivity index (χ1n) is 5.85. The van der Waals surface area contributed by atoms with E-state index in [0.717, 1.165) is 10.2 Å². The Morgan fingerprint density at radius 2 is 2.16 bits per heavy atom. The largest absolute Gasteiger partial charge is 0.481 e. The highest BCUT2D eigenvalue weighted by atomic mass is 79.9. The number of halogens is 1. The van der Waals surface area contributed by atoms with Crippen LogP contribution in [0.5, 0.6) is 5.75 Å². The molecule has 0 bridgehead atoms. The summed E-state index contributed by atoms with van der Waals surface area (Å²) >= 11 is 3.34. The summed E-state index contributed by atoms with van der Waals surface area (Å²) in [5.74, 6) is 6.31. The highest BCUT2D eigenvalue weighted by molar-refractivity contribution is 9.10. The van der Waals surface area contributed by atoms with Gasteiger partial charge in [0, 0.05) is 4.47 Å². The first-order chi connectivity index (χ1) is 9.03. The quantitative estimate of drug-likeness (QED) is 0.803. The lowest BCUT2D eigenvalue weighted by atomic mass is 10.3. The van der Waals surface area contributed by atoms with Crippen LogP contribution in [0.25, 0.3) is 0 Å². The minimum absolute atomic E-state index is 0.115. The van der Waals surface area contributed by atoms with Crippen LogP contribution in [0.15, 0.2) is 28.7 Å². The fraction of sp³-hybridized carbons (Fsp3) is 0.385. The molecule has 1 rings (SSSR count). The van der Waals surface area contributed by atoms with Crippen molar-refractivity contribution in [3.05, 3.63) is 28.7 Å². The van der Waals surface area contributed by atoms with Crippen LogP contribution < -0.4 is 9.46 Å². The summed E-state index contributed by atoms with van der Waals surface area (Å²) in [6.07, 6.45) is 0.592. The van der Waals surface area contributed by atoms with E-state index in [1.54, 1.807) is 0 Å².